The normalized spacial score (nSPS) is 23.2. The van der Waals surface area contributed by atoms with Gasteiger partial charge in [0.15, 0.2) is 6.04 Å². The third kappa shape index (κ3) is 4.41. The van der Waals surface area contributed by atoms with Crippen LogP contribution in [0.2, 0.25) is 0 Å². The molecule has 2 aliphatic heterocycles. The second-order valence-corrected chi connectivity index (χ2v) is 8.25. The average Bonchev–Trinajstić information content (AvgIpc) is 3.41. The number of rotatable bonds is 6. The minimum atomic E-state index is -1.07. The van der Waals surface area contributed by atoms with Gasteiger partial charge < -0.3 is 25.4 Å². The number of aliphatic carboxylic acids is 1. The minimum absolute atomic E-state index is 0.0734. The van der Waals surface area contributed by atoms with Crippen molar-refractivity contribution in [3.63, 3.8) is 0 Å². The standard InChI is InChI=1S/C21H29N3O4/c25-20(26)19(16-5-6-18-15(11-16)8-10-28-18)23-21(27)22-17-7-9-24(13-17)12-14-3-1-2-4-14/h5-6,11,14,17,19H,1-4,7-10,12-13H2,(H,25,26)(H2,22,23,27). The Kier molecular flexibility index (Phi) is 5.71. The van der Waals surface area contributed by atoms with E-state index in [0.717, 1.165) is 49.7 Å². The van der Waals surface area contributed by atoms with Gasteiger partial charge in [0.2, 0.25) is 0 Å². The molecule has 2 amide bonds. The Morgan fingerprint density at radius 1 is 1.25 bits per heavy atom. The molecule has 3 N–H and O–H groups in total. The maximum absolute atomic E-state index is 12.4. The summed E-state index contributed by atoms with van der Waals surface area (Å²) in [7, 11) is 0. The van der Waals surface area contributed by atoms with E-state index in [2.05, 4.69) is 15.5 Å². The van der Waals surface area contributed by atoms with E-state index in [0.29, 0.717) is 12.2 Å². The van der Waals surface area contributed by atoms with Crippen LogP contribution in [0, 0.1) is 5.92 Å². The van der Waals surface area contributed by atoms with Gasteiger partial charge >= 0.3 is 12.0 Å². The van der Waals surface area contributed by atoms with Crippen LogP contribution in [0.5, 0.6) is 5.75 Å². The van der Waals surface area contributed by atoms with E-state index in [1.54, 1.807) is 12.1 Å². The van der Waals surface area contributed by atoms with Crippen molar-refractivity contribution < 1.29 is 19.4 Å². The smallest absolute Gasteiger partial charge is 0.330 e. The monoisotopic (exact) mass is 387 g/mol. The summed E-state index contributed by atoms with van der Waals surface area (Å²) >= 11 is 0. The first-order valence-corrected chi connectivity index (χ1v) is 10.4. The number of carboxylic acid groups (broad SMARTS) is 1. The Bertz CT molecular complexity index is 732. The SMILES string of the molecule is O=C(NC1CCN(CC2CCCC2)C1)NC(C(=O)O)c1ccc2c(c1)CCO2. The number of likely N-dealkylation sites (tertiary alicyclic amines) is 1. The molecule has 152 valence electrons. The highest BCUT2D eigenvalue weighted by molar-refractivity contribution is 5.84. The molecule has 1 saturated heterocycles. The van der Waals surface area contributed by atoms with E-state index < -0.39 is 18.0 Å². The molecule has 1 aromatic rings. The number of hydrogen-bond donors (Lipinski definition) is 3. The maximum Gasteiger partial charge on any atom is 0.330 e. The van der Waals surface area contributed by atoms with E-state index in [-0.39, 0.29) is 6.04 Å². The predicted octanol–water partition coefficient (Wildman–Crippen LogP) is 2.31. The van der Waals surface area contributed by atoms with E-state index in [4.69, 9.17) is 4.74 Å². The molecule has 2 fully saturated rings. The molecule has 28 heavy (non-hydrogen) atoms. The third-order valence-electron chi connectivity index (χ3n) is 6.17. The van der Waals surface area contributed by atoms with Crippen molar-refractivity contribution in [3.8, 4) is 5.75 Å². The summed E-state index contributed by atoms with van der Waals surface area (Å²) in [6.07, 6.45) is 7.00. The van der Waals surface area contributed by atoms with Gasteiger partial charge in [-0.05, 0) is 48.4 Å². The van der Waals surface area contributed by atoms with Crippen LogP contribution in [-0.2, 0) is 11.2 Å². The van der Waals surface area contributed by atoms with Gasteiger partial charge in [-0.25, -0.2) is 9.59 Å². The highest BCUT2D eigenvalue weighted by Crippen LogP contribution is 2.29. The van der Waals surface area contributed by atoms with Crippen LogP contribution in [0.4, 0.5) is 4.79 Å². The summed E-state index contributed by atoms with van der Waals surface area (Å²) in [5.74, 6) is 0.529. The van der Waals surface area contributed by atoms with Crippen molar-refractivity contribution in [2.24, 2.45) is 5.92 Å². The predicted molar refractivity (Wildman–Crippen MR) is 104 cm³/mol. The number of ether oxygens (including phenoxy) is 1. The summed E-state index contributed by atoms with van der Waals surface area (Å²) < 4.78 is 5.47. The largest absolute Gasteiger partial charge is 0.493 e. The summed E-state index contributed by atoms with van der Waals surface area (Å²) in [4.78, 5) is 26.6. The number of hydrogen-bond acceptors (Lipinski definition) is 4. The third-order valence-corrected chi connectivity index (χ3v) is 6.17. The van der Waals surface area contributed by atoms with E-state index in [1.807, 2.05) is 6.07 Å². The van der Waals surface area contributed by atoms with Gasteiger partial charge in [-0.2, -0.15) is 0 Å². The zero-order chi connectivity index (χ0) is 19.5. The fourth-order valence-electron chi connectivity index (χ4n) is 4.71. The second-order valence-electron chi connectivity index (χ2n) is 8.25. The van der Waals surface area contributed by atoms with E-state index >= 15 is 0 Å². The zero-order valence-corrected chi connectivity index (χ0v) is 16.2. The second kappa shape index (κ2) is 8.39. The van der Waals surface area contributed by atoms with Crippen LogP contribution in [0.1, 0.15) is 49.3 Å². The van der Waals surface area contributed by atoms with E-state index in [9.17, 15) is 14.7 Å². The molecule has 0 spiro atoms. The number of fused-ring (bicyclic) bond motifs is 1. The number of benzene rings is 1. The van der Waals surface area contributed by atoms with Gasteiger partial charge in [-0.15, -0.1) is 0 Å². The molecule has 4 rings (SSSR count). The van der Waals surface area contributed by atoms with Crippen molar-refractivity contribution in [2.45, 2.75) is 50.6 Å². The quantitative estimate of drug-likeness (QED) is 0.697. The summed E-state index contributed by atoms with van der Waals surface area (Å²) in [6, 6.07) is 3.90. The fraction of sp³-hybridized carbons (Fsp3) is 0.619. The van der Waals surface area contributed by atoms with Crippen LogP contribution >= 0.6 is 0 Å². The summed E-state index contributed by atoms with van der Waals surface area (Å²) in [6.45, 7) is 3.57. The number of amides is 2. The minimum Gasteiger partial charge on any atom is -0.493 e. The highest BCUT2D eigenvalue weighted by atomic mass is 16.5. The van der Waals surface area contributed by atoms with Gasteiger partial charge in [0.05, 0.1) is 6.61 Å². The van der Waals surface area contributed by atoms with E-state index in [1.165, 1.54) is 25.7 Å². The molecule has 0 bridgehead atoms. The molecule has 1 aliphatic carbocycles. The maximum atomic E-state index is 12.4. The van der Waals surface area contributed by atoms with Crippen molar-refractivity contribution in [1.82, 2.24) is 15.5 Å². The molecule has 7 nitrogen and oxygen atoms in total. The number of nitrogens with zero attached hydrogens (tertiary/aromatic N) is 1. The number of urea groups is 1. The number of carbonyl (C=O) groups is 2. The Morgan fingerprint density at radius 2 is 2.07 bits per heavy atom. The van der Waals surface area contributed by atoms with Crippen LogP contribution < -0.4 is 15.4 Å². The van der Waals surface area contributed by atoms with Crippen LogP contribution in [0.25, 0.3) is 0 Å². The average molecular weight is 387 g/mol. The first-order chi connectivity index (χ1) is 13.6. The first kappa shape index (κ1) is 19.1. The fourth-order valence-corrected chi connectivity index (χ4v) is 4.71. The Balaban J connectivity index is 1.31. The number of carboxylic acids is 1. The Morgan fingerprint density at radius 3 is 2.86 bits per heavy atom. The van der Waals surface area contributed by atoms with Gasteiger partial charge in [-0.1, -0.05) is 18.9 Å². The molecule has 7 heteroatoms. The lowest BCUT2D eigenvalue weighted by Gasteiger charge is -2.21. The molecular formula is C21H29N3O4. The van der Waals surface area contributed by atoms with Gasteiger partial charge in [0.1, 0.15) is 5.75 Å². The van der Waals surface area contributed by atoms with Crippen molar-refractivity contribution in [3.05, 3.63) is 29.3 Å². The molecule has 0 aromatic heterocycles. The van der Waals surface area contributed by atoms with Crippen molar-refractivity contribution in [1.29, 1.82) is 0 Å². The number of nitrogens with one attached hydrogen (secondary N) is 2. The topological polar surface area (TPSA) is 90.9 Å². The lowest BCUT2D eigenvalue weighted by Crippen LogP contribution is -2.46. The van der Waals surface area contributed by atoms with Gasteiger partial charge in [-0.3, -0.25) is 0 Å². The molecule has 2 heterocycles. The number of carbonyl (C=O) groups excluding carboxylic acids is 1. The molecule has 2 unspecified atom stereocenters. The highest BCUT2D eigenvalue weighted by Gasteiger charge is 2.29. The Labute approximate surface area is 165 Å². The van der Waals surface area contributed by atoms with Crippen LogP contribution in [0.3, 0.4) is 0 Å². The molecule has 0 radical (unpaired) electrons. The van der Waals surface area contributed by atoms with Crippen LogP contribution in [0.15, 0.2) is 18.2 Å². The van der Waals surface area contributed by atoms with Crippen LogP contribution in [-0.4, -0.2) is 54.3 Å². The molecule has 3 aliphatic rings. The molecule has 2 atom stereocenters. The van der Waals surface area contributed by atoms with Gasteiger partial charge in [0.25, 0.3) is 0 Å². The molecule has 1 saturated carbocycles. The first-order valence-electron chi connectivity index (χ1n) is 10.4. The van der Waals surface area contributed by atoms with Gasteiger partial charge in [0, 0.05) is 32.1 Å². The Hall–Kier alpha value is -2.28. The van der Waals surface area contributed by atoms with Crippen molar-refractivity contribution in [2.75, 3.05) is 26.2 Å². The lowest BCUT2D eigenvalue weighted by atomic mass is 10.0. The molecule has 1 aromatic carbocycles. The van der Waals surface area contributed by atoms with Crippen molar-refractivity contribution >= 4 is 12.0 Å². The zero-order valence-electron chi connectivity index (χ0n) is 16.2. The molecular weight excluding hydrogens is 358 g/mol. The summed E-state index contributed by atoms with van der Waals surface area (Å²) in [5.41, 5.74) is 1.56. The summed E-state index contributed by atoms with van der Waals surface area (Å²) in [5, 5.41) is 15.2. The lowest BCUT2D eigenvalue weighted by molar-refractivity contribution is -0.139.